The lowest BCUT2D eigenvalue weighted by atomic mass is 10.3. The van der Waals surface area contributed by atoms with Crippen molar-refractivity contribution in [2.45, 2.75) is 26.1 Å². The summed E-state index contributed by atoms with van der Waals surface area (Å²) in [4.78, 5) is 0. The molecule has 66 valence electrons. The van der Waals surface area contributed by atoms with Crippen LogP contribution in [0.25, 0.3) is 0 Å². The van der Waals surface area contributed by atoms with Gasteiger partial charge in [0.1, 0.15) is 0 Å². The van der Waals surface area contributed by atoms with Crippen molar-refractivity contribution >= 4 is 7.69 Å². The van der Waals surface area contributed by atoms with Gasteiger partial charge in [0.15, 0.2) is 0 Å². The standard InChI is InChI=1S/C6H15BO4/c1-5(8)3-10-7-11-4-6(2)9/h5-9H,3-4H2,1-2H3. The molecule has 4 nitrogen and oxygen atoms in total. The van der Waals surface area contributed by atoms with E-state index in [0.717, 1.165) is 0 Å². The Morgan fingerprint density at radius 2 is 1.45 bits per heavy atom. The van der Waals surface area contributed by atoms with Crippen molar-refractivity contribution < 1.29 is 19.5 Å². The molecule has 0 radical (unpaired) electrons. The molecule has 0 saturated heterocycles. The van der Waals surface area contributed by atoms with Crippen LogP contribution in [0.2, 0.25) is 0 Å². The lowest BCUT2D eigenvalue weighted by Gasteiger charge is -2.06. The van der Waals surface area contributed by atoms with Gasteiger partial charge in [-0.1, -0.05) is 0 Å². The highest BCUT2D eigenvalue weighted by molar-refractivity contribution is 6.17. The van der Waals surface area contributed by atoms with Crippen molar-refractivity contribution in [2.24, 2.45) is 0 Å². The van der Waals surface area contributed by atoms with E-state index in [1.807, 2.05) is 0 Å². The minimum Gasteiger partial charge on any atom is -0.411 e. The molecular weight excluding hydrogens is 147 g/mol. The molecule has 0 rings (SSSR count). The van der Waals surface area contributed by atoms with E-state index in [4.69, 9.17) is 19.5 Å². The first-order valence-electron chi connectivity index (χ1n) is 3.64. The highest BCUT2D eigenvalue weighted by Crippen LogP contribution is 1.84. The zero-order chi connectivity index (χ0) is 8.69. The van der Waals surface area contributed by atoms with Crippen LogP contribution in [0, 0.1) is 0 Å². The fourth-order valence-electron chi connectivity index (χ4n) is 0.496. The summed E-state index contributed by atoms with van der Waals surface area (Å²) < 4.78 is 9.72. The van der Waals surface area contributed by atoms with Crippen LogP contribution < -0.4 is 0 Å². The number of aliphatic hydroxyl groups is 2. The predicted octanol–water partition coefficient (Wildman–Crippen LogP) is -0.952. The zero-order valence-electron chi connectivity index (χ0n) is 6.99. The van der Waals surface area contributed by atoms with E-state index < -0.39 is 12.2 Å². The van der Waals surface area contributed by atoms with Crippen LogP contribution in [-0.2, 0) is 9.31 Å². The van der Waals surface area contributed by atoms with Gasteiger partial charge in [0.25, 0.3) is 0 Å². The summed E-state index contributed by atoms with van der Waals surface area (Å²) in [7, 11) is 0.121. The molecule has 2 N–H and O–H groups in total. The van der Waals surface area contributed by atoms with Crippen molar-refractivity contribution in [3.63, 3.8) is 0 Å². The second-order valence-corrected chi connectivity index (χ2v) is 2.56. The first-order chi connectivity index (χ1) is 5.13. The Morgan fingerprint density at radius 3 is 1.73 bits per heavy atom. The third-order valence-corrected chi connectivity index (χ3v) is 0.885. The second kappa shape index (κ2) is 6.60. The first-order valence-corrected chi connectivity index (χ1v) is 3.64. The van der Waals surface area contributed by atoms with Crippen molar-refractivity contribution in [2.75, 3.05) is 13.2 Å². The van der Waals surface area contributed by atoms with E-state index in [9.17, 15) is 0 Å². The Hall–Kier alpha value is -0.0951. The normalized spacial score (nSPS) is 16.0. The molecule has 0 aliphatic carbocycles. The van der Waals surface area contributed by atoms with Gasteiger partial charge in [-0.3, -0.25) is 0 Å². The zero-order valence-corrected chi connectivity index (χ0v) is 6.99. The maximum absolute atomic E-state index is 8.73. The largest absolute Gasteiger partial charge is 0.438 e. The van der Waals surface area contributed by atoms with Gasteiger partial charge < -0.3 is 19.5 Å². The van der Waals surface area contributed by atoms with Gasteiger partial charge in [-0.15, -0.1) is 0 Å². The fourth-order valence-corrected chi connectivity index (χ4v) is 0.496. The van der Waals surface area contributed by atoms with Gasteiger partial charge in [0, 0.05) is 0 Å². The summed E-state index contributed by atoms with van der Waals surface area (Å²) in [6, 6.07) is 0. The van der Waals surface area contributed by atoms with E-state index in [1.54, 1.807) is 13.8 Å². The first kappa shape index (κ1) is 10.9. The van der Waals surface area contributed by atoms with E-state index in [-0.39, 0.29) is 20.9 Å². The maximum Gasteiger partial charge on any atom is 0.438 e. The van der Waals surface area contributed by atoms with Gasteiger partial charge in [0.2, 0.25) is 0 Å². The van der Waals surface area contributed by atoms with E-state index >= 15 is 0 Å². The topological polar surface area (TPSA) is 58.9 Å². The van der Waals surface area contributed by atoms with Crippen LogP contribution >= 0.6 is 0 Å². The molecule has 0 aliphatic heterocycles. The quantitative estimate of drug-likeness (QED) is 0.390. The van der Waals surface area contributed by atoms with Gasteiger partial charge >= 0.3 is 7.69 Å². The van der Waals surface area contributed by atoms with Crippen LogP contribution in [0.1, 0.15) is 13.8 Å². The molecule has 0 spiro atoms. The smallest absolute Gasteiger partial charge is 0.411 e. The van der Waals surface area contributed by atoms with Gasteiger partial charge in [-0.25, -0.2) is 0 Å². The van der Waals surface area contributed by atoms with Crippen molar-refractivity contribution in [3.05, 3.63) is 0 Å². The molecule has 2 unspecified atom stereocenters. The predicted molar refractivity (Wildman–Crippen MR) is 42.4 cm³/mol. The van der Waals surface area contributed by atoms with Crippen molar-refractivity contribution in [3.8, 4) is 0 Å². The minimum atomic E-state index is -0.467. The summed E-state index contributed by atoms with van der Waals surface area (Å²) in [5.74, 6) is 0. The monoisotopic (exact) mass is 162 g/mol. The van der Waals surface area contributed by atoms with Crippen molar-refractivity contribution in [1.82, 2.24) is 0 Å². The van der Waals surface area contributed by atoms with E-state index in [0.29, 0.717) is 0 Å². The Morgan fingerprint density at radius 1 is 1.09 bits per heavy atom. The molecule has 0 aliphatic rings. The van der Waals surface area contributed by atoms with Gasteiger partial charge in [0.05, 0.1) is 25.4 Å². The van der Waals surface area contributed by atoms with Gasteiger partial charge in [-0.05, 0) is 13.8 Å². The SMILES string of the molecule is CC(O)COBOCC(C)O. The van der Waals surface area contributed by atoms with Crippen LogP contribution in [0.3, 0.4) is 0 Å². The number of rotatable bonds is 6. The molecule has 0 bridgehead atoms. The molecule has 0 aromatic rings. The average molecular weight is 162 g/mol. The Balaban J connectivity index is 2.91. The van der Waals surface area contributed by atoms with Crippen LogP contribution in [0.4, 0.5) is 0 Å². The molecule has 0 heterocycles. The Labute approximate surface area is 67.4 Å². The third-order valence-electron chi connectivity index (χ3n) is 0.885. The highest BCUT2D eigenvalue weighted by atomic mass is 16.6. The summed E-state index contributed by atoms with van der Waals surface area (Å²) in [6.45, 7) is 3.79. The molecular formula is C6H15BO4. The lowest BCUT2D eigenvalue weighted by molar-refractivity contribution is 0.0836. The molecule has 0 aromatic carbocycles. The fraction of sp³-hybridized carbons (Fsp3) is 1.00. The summed E-state index contributed by atoms with van der Waals surface area (Å²) in [6.07, 6.45) is -0.935. The highest BCUT2D eigenvalue weighted by Gasteiger charge is 1.99. The lowest BCUT2D eigenvalue weighted by Crippen LogP contribution is -2.18. The third kappa shape index (κ3) is 9.90. The second-order valence-electron chi connectivity index (χ2n) is 2.56. The van der Waals surface area contributed by atoms with Crippen LogP contribution in [0.5, 0.6) is 0 Å². The van der Waals surface area contributed by atoms with E-state index in [1.165, 1.54) is 0 Å². The Kier molecular flexibility index (Phi) is 6.55. The van der Waals surface area contributed by atoms with Crippen LogP contribution in [0.15, 0.2) is 0 Å². The van der Waals surface area contributed by atoms with E-state index in [2.05, 4.69) is 0 Å². The van der Waals surface area contributed by atoms with Crippen LogP contribution in [-0.4, -0.2) is 43.3 Å². The molecule has 2 atom stereocenters. The molecule has 0 fully saturated rings. The maximum atomic E-state index is 8.73. The molecule has 5 heteroatoms. The van der Waals surface area contributed by atoms with Crippen molar-refractivity contribution in [1.29, 1.82) is 0 Å². The summed E-state index contributed by atoms with van der Waals surface area (Å²) in [5, 5.41) is 17.5. The molecule has 11 heavy (non-hydrogen) atoms. The number of aliphatic hydroxyl groups excluding tert-OH is 2. The minimum absolute atomic E-state index is 0.121. The molecule has 0 amide bonds. The molecule has 0 aromatic heterocycles. The number of hydrogen-bond donors (Lipinski definition) is 2. The average Bonchev–Trinajstić information content (AvgIpc) is 1.85. The van der Waals surface area contributed by atoms with Gasteiger partial charge in [-0.2, -0.15) is 0 Å². The molecule has 0 saturated carbocycles. The summed E-state index contributed by atoms with van der Waals surface area (Å²) in [5.41, 5.74) is 0. The Bertz CT molecular complexity index is 76.7. The summed E-state index contributed by atoms with van der Waals surface area (Å²) >= 11 is 0. The number of hydrogen-bond acceptors (Lipinski definition) is 4.